The molecule has 0 aromatic heterocycles. The average Bonchev–Trinajstić information content (AvgIpc) is 3.12. The molecule has 1 saturated carbocycles. The normalized spacial score (nSPS) is 19.9. The molecule has 0 saturated heterocycles. The Balaban J connectivity index is 0.00000364. The Hall–Kier alpha value is -1.64. The molecule has 2 aliphatic rings. The SMILES string of the molecule is CCOC(=O)C1=C(CNC([NH3+])=S)NC(C)=C(C(=O)OC)C1C1CCCC1.[Cl-]. The van der Waals surface area contributed by atoms with Crippen LogP contribution in [0.5, 0.6) is 0 Å². The van der Waals surface area contributed by atoms with Crippen LogP contribution in [0, 0.1) is 11.8 Å². The maximum Gasteiger partial charge on any atom is 0.336 e. The number of thiocarbonyl (C=S) groups is 1. The number of carbonyl (C=O) groups is 2. The van der Waals surface area contributed by atoms with Crippen LogP contribution < -0.4 is 28.8 Å². The van der Waals surface area contributed by atoms with Crippen molar-refractivity contribution in [2.45, 2.75) is 39.5 Å². The van der Waals surface area contributed by atoms with E-state index >= 15 is 0 Å². The second-order valence-electron chi connectivity index (χ2n) is 6.57. The summed E-state index contributed by atoms with van der Waals surface area (Å²) < 4.78 is 10.3. The minimum absolute atomic E-state index is 0. The van der Waals surface area contributed by atoms with Crippen molar-refractivity contribution in [2.75, 3.05) is 20.3 Å². The first-order valence-corrected chi connectivity index (χ1v) is 9.37. The van der Waals surface area contributed by atoms with Crippen LogP contribution in [-0.4, -0.2) is 37.3 Å². The number of dihydropyridines is 1. The van der Waals surface area contributed by atoms with Gasteiger partial charge in [0, 0.05) is 29.5 Å². The predicted molar refractivity (Wildman–Crippen MR) is 100 cm³/mol. The Bertz CT molecular complexity index is 657. The first kappa shape index (κ1) is 23.4. The third-order valence-corrected chi connectivity index (χ3v) is 5.07. The Labute approximate surface area is 171 Å². The fraction of sp³-hybridized carbons (Fsp3) is 0.611. The van der Waals surface area contributed by atoms with Crippen LogP contribution in [0.2, 0.25) is 0 Å². The molecule has 0 radical (unpaired) electrons. The smallest absolute Gasteiger partial charge is 0.336 e. The molecule has 1 aliphatic carbocycles. The highest BCUT2D eigenvalue weighted by Gasteiger charge is 2.42. The first-order valence-electron chi connectivity index (χ1n) is 8.96. The van der Waals surface area contributed by atoms with Gasteiger partial charge in [0.15, 0.2) is 0 Å². The van der Waals surface area contributed by atoms with Crippen molar-refractivity contribution in [1.29, 1.82) is 0 Å². The molecule has 0 aromatic carbocycles. The zero-order chi connectivity index (χ0) is 19.3. The second-order valence-corrected chi connectivity index (χ2v) is 7.06. The van der Waals surface area contributed by atoms with Gasteiger partial charge in [-0.3, -0.25) is 0 Å². The Morgan fingerprint density at radius 1 is 1.26 bits per heavy atom. The maximum absolute atomic E-state index is 12.8. The number of esters is 2. The number of rotatable bonds is 6. The Kier molecular flexibility index (Phi) is 9.21. The molecule has 5 N–H and O–H groups in total. The lowest BCUT2D eigenvalue weighted by Crippen LogP contribution is -3.00. The molecule has 1 aliphatic heterocycles. The summed E-state index contributed by atoms with van der Waals surface area (Å²) in [5.74, 6) is -0.936. The van der Waals surface area contributed by atoms with E-state index in [0.29, 0.717) is 34.2 Å². The van der Waals surface area contributed by atoms with Crippen molar-refractivity contribution in [3.05, 3.63) is 22.5 Å². The van der Waals surface area contributed by atoms with E-state index in [-0.39, 0.29) is 30.8 Å². The third kappa shape index (κ3) is 5.43. The zero-order valence-electron chi connectivity index (χ0n) is 16.0. The second kappa shape index (κ2) is 10.6. The molecule has 0 spiro atoms. The highest BCUT2D eigenvalue weighted by atomic mass is 35.5. The number of halogens is 1. The molecule has 7 nitrogen and oxygen atoms in total. The van der Waals surface area contributed by atoms with Crippen LogP contribution in [0.1, 0.15) is 39.5 Å². The lowest BCUT2D eigenvalue weighted by atomic mass is 9.75. The summed E-state index contributed by atoms with van der Waals surface area (Å²) in [5.41, 5.74) is 6.06. The van der Waals surface area contributed by atoms with Gasteiger partial charge in [-0.05, 0) is 32.6 Å². The van der Waals surface area contributed by atoms with E-state index in [0.717, 1.165) is 25.7 Å². The number of methoxy groups -OCH3 is 1. The number of carbonyl (C=O) groups excluding carboxylic acids is 2. The molecule has 0 aromatic rings. The van der Waals surface area contributed by atoms with E-state index in [2.05, 4.69) is 16.4 Å². The molecule has 152 valence electrons. The van der Waals surface area contributed by atoms with Crippen LogP contribution >= 0.6 is 12.2 Å². The Morgan fingerprint density at radius 2 is 1.89 bits per heavy atom. The lowest BCUT2D eigenvalue weighted by molar-refractivity contribution is -0.214. The molecule has 2 rings (SSSR count). The number of quaternary nitrogens is 1. The third-order valence-electron chi connectivity index (χ3n) is 4.92. The molecule has 27 heavy (non-hydrogen) atoms. The van der Waals surface area contributed by atoms with Gasteiger partial charge in [0.2, 0.25) is 0 Å². The largest absolute Gasteiger partial charge is 1.00 e. The number of nitrogens with one attached hydrogen (secondary N) is 2. The van der Waals surface area contributed by atoms with Crippen molar-refractivity contribution < 1.29 is 37.2 Å². The van der Waals surface area contributed by atoms with Crippen molar-refractivity contribution in [1.82, 2.24) is 10.6 Å². The van der Waals surface area contributed by atoms with Gasteiger partial charge in [0.25, 0.3) is 5.11 Å². The van der Waals surface area contributed by atoms with Crippen LogP contribution in [0.15, 0.2) is 22.5 Å². The molecule has 0 bridgehead atoms. The summed E-state index contributed by atoms with van der Waals surface area (Å²) in [5, 5.41) is 6.56. The molecule has 1 unspecified atom stereocenters. The minimum atomic E-state index is -0.409. The molecule has 0 amide bonds. The van der Waals surface area contributed by atoms with Crippen molar-refractivity contribution in [3.63, 3.8) is 0 Å². The van der Waals surface area contributed by atoms with E-state index in [9.17, 15) is 9.59 Å². The fourth-order valence-corrected chi connectivity index (χ4v) is 3.94. The van der Waals surface area contributed by atoms with Crippen molar-refractivity contribution >= 4 is 29.3 Å². The summed E-state index contributed by atoms with van der Waals surface area (Å²) >= 11 is 4.99. The van der Waals surface area contributed by atoms with E-state index in [1.807, 2.05) is 6.92 Å². The van der Waals surface area contributed by atoms with E-state index < -0.39 is 11.9 Å². The summed E-state index contributed by atoms with van der Waals surface area (Å²) in [6, 6.07) is 0. The highest BCUT2D eigenvalue weighted by Crippen LogP contribution is 2.43. The monoisotopic (exact) mass is 417 g/mol. The van der Waals surface area contributed by atoms with Crippen molar-refractivity contribution in [3.8, 4) is 0 Å². The van der Waals surface area contributed by atoms with E-state index in [1.54, 1.807) is 6.92 Å². The van der Waals surface area contributed by atoms with Gasteiger partial charge in [0.1, 0.15) is 0 Å². The summed E-state index contributed by atoms with van der Waals surface area (Å²) in [6.45, 7) is 4.19. The zero-order valence-corrected chi connectivity index (χ0v) is 17.6. The van der Waals surface area contributed by atoms with E-state index in [1.165, 1.54) is 7.11 Å². The number of hydrogen-bond donors (Lipinski definition) is 3. The maximum atomic E-state index is 12.8. The Morgan fingerprint density at radius 3 is 2.41 bits per heavy atom. The van der Waals surface area contributed by atoms with Gasteiger partial charge in [-0.15, -0.1) is 0 Å². The van der Waals surface area contributed by atoms with Crippen LogP contribution in [0.3, 0.4) is 0 Å². The topological polar surface area (TPSA) is 104 Å². The highest BCUT2D eigenvalue weighted by molar-refractivity contribution is 7.79. The van der Waals surface area contributed by atoms with Gasteiger partial charge in [-0.25, -0.2) is 9.59 Å². The van der Waals surface area contributed by atoms with Crippen molar-refractivity contribution in [2.24, 2.45) is 11.8 Å². The summed E-state index contributed by atoms with van der Waals surface area (Å²) in [4.78, 5) is 25.3. The predicted octanol–water partition coefficient (Wildman–Crippen LogP) is -2.22. The van der Waals surface area contributed by atoms with Crippen LogP contribution in [0.4, 0.5) is 0 Å². The molecule has 1 fully saturated rings. The summed E-state index contributed by atoms with van der Waals surface area (Å²) in [7, 11) is 1.36. The standard InChI is InChI=1S/C18H27N3O4S.ClH/c1-4-25-17(23)15-12(9-20-18(19)26)21-10(2)13(16(22)24-3)14(15)11-7-5-6-8-11;/h11,14,21H,4-9H2,1-3H3,(H3,19,20,26);1H. The van der Waals surface area contributed by atoms with Gasteiger partial charge in [0.05, 0.1) is 31.4 Å². The van der Waals surface area contributed by atoms with Gasteiger partial charge in [-0.1, -0.05) is 12.8 Å². The summed E-state index contributed by atoms with van der Waals surface area (Å²) in [6.07, 6.45) is 4.12. The van der Waals surface area contributed by atoms with Crippen LogP contribution in [-0.2, 0) is 19.1 Å². The minimum Gasteiger partial charge on any atom is -1.00 e. The van der Waals surface area contributed by atoms with Gasteiger partial charge in [-0.2, -0.15) is 0 Å². The molecule has 1 heterocycles. The van der Waals surface area contributed by atoms with Gasteiger partial charge < -0.3 is 38.2 Å². The molecule has 1 atom stereocenters. The van der Waals surface area contributed by atoms with Crippen LogP contribution in [0.25, 0.3) is 0 Å². The number of allylic oxidation sites excluding steroid dienone is 1. The lowest BCUT2D eigenvalue weighted by Gasteiger charge is -2.34. The number of hydrogen-bond acceptors (Lipinski definition) is 6. The molecular formula is C18H28ClN3O4S. The molecule has 9 heteroatoms. The number of ether oxygens (including phenoxy) is 2. The van der Waals surface area contributed by atoms with E-state index in [4.69, 9.17) is 21.7 Å². The average molecular weight is 418 g/mol. The van der Waals surface area contributed by atoms with Gasteiger partial charge >= 0.3 is 11.9 Å². The fourth-order valence-electron chi connectivity index (χ4n) is 3.86. The first-order chi connectivity index (χ1) is 12.4. The molecular weight excluding hydrogens is 390 g/mol. The quantitative estimate of drug-likeness (QED) is 0.332.